The van der Waals surface area contributed by atoms with E-state index in [1.165, 1.54) is 0 Å². The van der Waals surface area contributed by atoms with Crippen LogP contribution < -0.4 is 15.5 Å². The summed E-state index contributed by atoms with van der Waals surface area (Å²) in [5.41, 5.74) is 3.51. The Hall–Kier alpha value is -2.90. The van der Waals surface area contributed by atoms with E-state index in [-0.39, 0.29) is 37.4 Å². The summed E-state index contributed by atoms with van der Waals surface area (Å²) in [7, 11) is 0. The fourth-order valence-corrected chi connectivity index (χ4v) is 4.62. The minimum atomic E-state index is -0.226. The maximum absolute atomic E-state index is 13.3. The molecule has 2 aromatic carbocycles. The van der Waals surface area contributed by atoms with Gasteiger partial charge in [0.2, 0.25) is 11.8 Å². The van der Waals surface area contributed by atoms with E-state index in [9.17, 15) is 14.7 Å². The molecule has 0 saturated carbocycles. The number of nitrogens with zero attached hydrogens (tertiary/aromatic N) is 2. The molecule has 0 radical (unpaired) electrons. The Balaban J connectivity index is 1.44. The first-order valence-electron chi connectivity index (χ1n) is 11.4. The van der Waals surface area contributed by atoms with Gasteiger partial charge >= 0.3 is 0 Å². The van der Waals surface area contributed by atoms with E-state index >= 15 is 0 Å². The molecule has 1 saturated heterocycles. The second-order valence-electron chi connectivity index (χ2n) is 8.80. The molecule has 7 nitrogen and oxygen atoms in total. The third kappa shape index (κ3) is 5.11. The fraction of sp³-hybridized carbons (Fsp3) is 0.440. The lowest BCUT2D eigenvalue weighted by Crippen LogP contribution is -2.42. The van der Waals surface area contributed by atoms with Crippen LogP contribution in [-0.4, -0.2) is 54.1 Å². The van der Waals surface area contributed by atoms with E-state index in [1.807, 2.05) is 49.4 Å². The first kappa shape index (κ1) is 22.3. The summed E-state index contributed by atoms with van der Waals surface area (Å²) in [6, 6.07) is 15.3. The number of aliphatic hydroxyl groups is 1. The van der Waals surface area contributed by atoms with Crippen molar-refractivity contribution in [3.05, 3.63) is 54.1 Å². The number of likely N-dealkylation sites (tertiary alicyclic amines) is 1. The van der Waals surface area contributed by atoms with Gasteiger partial charge in [-0.05, 0) is 62.5 Å². The van der Waals surface area contributed by atoms with Gasteiger partial charge in [0.05, 0.1) is 17.9 Å². The quantitative estimate of drug-likeness (QED) is 0.648. The predicted molar refractivity (Wildman–Crippen MR) is 127 cm³/mol. The molecule has 2 aliphatic heterocycles. The summed E-state index contributed by atoms with van der Waals surface area (Å²) < 4.78 is 0. The van der Waals surface area contributed by atoms with Crippen molar-refractivity contribution in [1.82, 2.24) is 4.90 Å². The van der Waals surface area contributed by atoms with E-state index in [2.05, 4.69) is 21.6 Å². The molecule has 3 N–H and O–H groups in total. The minimum Gasteiger partial charge on any atom is -0.396 e. The molecule has 1 unspecified atom stereocenters. The summed E-state index contributed by atoms with van der Waals surface area (Å²) in [6.45, 7) is 5.09. The molecule has 2 heterocycles. The van der Waals surface area contributed by atoms with Crippen molar-refractivity contribution in [2.45, 2.75) is 38.8 Å². The fourth-order valence-electron chi connectivity index (χ4n) is 4.62. The van der Waals surface area contributed by atoms with Crippen molar-refractivity contribution in [3.63, 3.8) is 0 Å². The van der Waals surface area contributed by atoms with Gasteiger partial charge in [-0.25, -0.2) is 0 Å². The van der Waals surface area contributed by atoms with Gasteiger partial charge in [0.25, 0.3) is 0 Å². The van der Waals surface area contributed by atoms with Crippen LogP contribution in [0, 0.1) is 5.92 Å². The second kappa shape index (κ2) is 10.1. The van der Waals surface area contributed by atoms with Gasteiger partial charge in [-0.1, -0.05) is 30.3 Å². The first-order valence-corrected chi connectivity index (χ1v) is 11.4. The van der Waals surface area contributed by atoms with Crippen LogP contribution in [0.1, 0.15) is 31.7 Å². The monoisotopic (exact) mass is 436 g/mol. The van der Waals surface area contributed by atoms with Crippen molar-refractivity contribution in [2.24, 2.45) is 5.92 Å². The highest BCUT2D eigenvalue weighted by Crippen LogP contribution is 2.31. The SMILES string of the molecule is CC1CC(=O)Nc2ccccc2N1C(=O)CNc1ccccc1CN1CCC(CO)CC1. The zero-order valence-electron chi connectivity index (χ0n) is 18.6. The van der Waals surface area contributed by atoms with Crippen LogP contribution in [0.3, 0.4) is 0 Å². The molecule has 1 atom stereocenters. The molecule has 0 spiro atoms. The summed E-state index contributed by atoms with van der Waals surface area (Å²) >= 11 is 0. The number of nitrogens with one attached hydrogen (secondary N) is 2. The number of fused-ring (bicyclic) bond motifs is 1. The number of hydrogen-bond donors (Lipinski definition) is 3. The number of amides is 2. The van der Waals surface area contributed by atoms with Crippen molar-refractivity contribution in [2.75, 3.05) is 41.8 Å². The van der Waals surface area contributed by atoms with Gasteiger partial charge < -0.3 is 20.6 Å². The van der Waals surface area contributed by atoms with Crippen LogP contribution in [0.5, 0.6) is 0 Å². The lowest BCUT2D eigenvalue weighted by Gasteiger charge is -2.31. The van der Waals surface area contributed by atoms with E-state index in [0.717, 1.165) is 49.4 Å². The van der Waals surface area contributed by atoms with Gasteiger partial charge in [0.1, 0.15) is 0 Å². The largest absolute Gasteiger partial charge is 0.396 e. The molecule has 0 aromatic heterocycles. The van der Waals surface area contributed by atoms with Crippen molar-refractivity contribution < 1.29 is 14.7 Å². The Morgan fingerprint density at radius 3 is 2.62 bits per heavy atom. The number of para-hydroxylation sites is 3. The predicted octanol–water partition coefficient (Wildman–Crippen LogP) is 3.07. The number of carbonyl (C=O) groups excluding carboxylic acids is 2. The molecule has 0 bridgehead atoms. The number of aliphatic hydroxyl groups excluding tert-OH is 1. The van der Waals surface area contributed by atoms with Gasteiger partial charge in [0, 0.05) is 31.3 Å². The number of carbonyl (C=O) groups is 2. The molecule has 2 aliphatic rings. The third-order valence-electron chi connectivity index (χ3n) is 6.43. The molecule has 7 heteroatoms. The highest BCUT2D eigenvalue weighted by Gasteiger charge is 2.29. The summed E-state index contributed by atoms with van der Waals surface area (Å²) in [5, 5.41) is 15.6. The average Bonchev–Trinajstić information content (AvgIpc) is 2.93. The highest BCUT2D eigenvalue weighted by atomic mass is 16.3. The molecular formula is C25H32N4O3. The molecule has 4 rings (SSSR count). The van der Waals surface area contributed by atoms with Crippen molar-refractivity contribution >= 4 is 28.9 Å². The van der Waals surface area contributed by atoms with Crippen molar-refractivity contribution in [3.8, 4) is 0 Å². The lowest BCUT2D eigenvalue weighted by atomic mass is 9.97. The van der Waals surface area contributed by atoms with Crippen LogP contribution in [0.25, 0.3) is 0 Å². The average molecular weight is 437 g/mol. The first-order chi connectivity index (χ1) is 15.5. The Labute approximate surface area is 189 Å². The van der Waals surface area contributed by atoms with E-state index < -0.39 is 0 Å². The Morgan fingerprint density at radius 2 is 1.84 bits per heavy atom. The number of anilines is 3. The lowest BCUT2D eigenvalue weighted by molar-refractivity contribution is -0.118. The Morgan fingerprint density at radius 1 is 1.12 bits per heavy atom. The zero-order chi connectivity index (χ0) is 22.5. The molecule has 32 heavy (non-hydrogen) atoms. The van der Waals surface area contributed by atoms with Gasteiger partial charge in [-0.2, -0.15) is 0 Å². The number of benzene rings is 2. The molecule has 2 amide bonds. The summed E-state index contributed by atoms with van der Waals surface area (Å²) in [5.74, 6) is 0.264. The Bertz CT molecular complexity index is 956. The number of hydrogen-bond acceptors (Lipinski definition) is 5. The zero-order valence-corrected chi connectivity index (χ0v) is 18.6. The van der Waals surface area contributed by atoms with Gasteiger partial charge in [-0.3, -0.25) is 14.5 Å². The Kier molecular flexibility index (Phi) is 7.07. The maximum Gasteiger partial charge on any atom is 0.246 e. The molecule has 0 aliphatic carbocycles. The van der Waals surface area contributed by atoms with E-state index in [1.54, 1.807) is 4.90 Å². The van der Waals surface area contributed by atoms with Crippen LogP contribution in [0.2, 0.25) is 0 Å². The van der Waals surface area contributed by atoms with Crippen LogP contribution in [0.15, 0.2) is 48.5 Å². The smallest absolute Gasteiger partial charge is 0.246 e. The third-order valence-corrected chi connectivity index (χ3v) is 6.43. The molecule has 2 aromatic rings. The highest BCUT2D eigenvalue weighted by molar-refractivity contribution is 6.05. The van der Waals surface area contributed by atoms with Gasteiger partial charge in [-0.15, -0.1) is 0 Å². The standard InChI is InChI=1S/C25H32N4O3/c1-18-14-24(31)27-22-8-4-5-9-23(22)29(18)25(32)15-26-21-7-3-2-6-20(21)16-28-12-10-19(17-30)11-13-28/h2-9,18-19,26,30H,10-17H2,1H3,(H,27,31). The number of piperidine rings is 1. The molecule has 170 valence electrons. The topological polar surface area (TPSA) is 84.9 Å². The van der Waals surface area contributed by atoms with Gasteiger partial charge in [0.15, 0.2) is 0 Å². The molecule has 1 fully saturated rings. The summed E-state index contributed by atoms with van der Waals surface area (Å²) in [4.78, 5) is 29.6. The minimum absolute atomic E-state index is 0.0694. The van der Waals surface area contributed by atoms with Crippen LogP contribution in [-0.2, 0) is 16.1 Å². The van der Waals surface area contributed by atoms with Crippen molar-refractivity contribution in [1.29, 1.82) is 0 Å². The molecular weight excluding hydrogens is 404 g/mol. The van der Waals surface area contributed by atoms with Crippen LogP contribution >= 0.6 is 0 Å². The summed E-state index contributed by atoms with van der Waals surface area (Å²) in [6.07, 6.45) is 2.30. The van der Waals surface area contributed by atoms with Crippen LogP contribution in [0.4, 0.5) is 17.1 Å². The number of rotatable bonds is 6. The van der Waals surface area contributed by atoms with E-state index in [4.69, 9.17) is 0 Å². The maximum atomic E-state index is 13.3. The van der Waals surface area contributed by atoms with E-state index in [0.29, 0.717) is 11.6 Å². The second-order valence-corrected chi connectivity index (χ2v) is 8.80. The normalized spacial score (nSPS) is 19.8.